The molecule has 0 bridgehead atoms. The van der Waals surface area contributed by atoms with Crippen molar-refractivity contribution in [2.75, 3.05) is 13.2 Å². The molecule has 0 aromatic heterocycles. The van der Waals surface area contributed by atoms with Crippen LogP contribution in [0.25, 0.3) is 0 Å². The van der Waals surface area contributed by atoms with E-state index >= 15 is 0 Å². The molecule has 0 N–H and O–H groups in total. The van der Waals surface area contributed by atoms with E-state index in [0.29, 0.717) is 5.57 Å². The van der Waals surface area contributed by atoms with Crippen LogP contribution in [0.1, 0.15) is 19.8 Å². The number of carbonyl (C=O) groups excluding carboxylic acids is 1. The van der Waals surface area contributed by atoms with Gasteiger partial charge in [-0.25, -0.2) is 4.79 Å². The van der Waals surface area contributed by atoms with Crippen LogP contribution in [0.15, 0.2) is 12.2 Å². The Morgan fingerprint density at radius 1 is 1.62 bits per heavy atom. The third-order valence-electron chi connectivity index (χ3n) is 2.96. The molecule has 1 atom stereocenters. The Labute approximate surface area is 77.7 Å². The minimum absolute atomic E-state index is 0.0745. The number of esters is 1. The summed E-state index contributed by atoms with van der Waals surface area (Å²) in [5.41, 5.74) is 0.646. The summed E-state index contributed by atoms with van der Waals surface area (Å²) in [7, 11) is 0. The SMILES string of the molecule is C=C(C)C(=O)OC1CCC12COC2. The quantitative estimate of drug-likeness (QED) is 0.476. The maximum Gasteiger partial charge on any atom is 0.333 e. The van der Waals surface area contributed by atoms with E-state index in [9.17, 15) is 4.79 Å². The zero-order chi connectivity index (χ0) is 9.47. The van der Waals surface area contributed by atoms with Crippen molar-refractivity contribution in [3.05, 3.63) is 12.2 Å². The van der Waals surface area contributed by atoms with E-state index in [2.05, 4.69) is 6.58 Å². The molecule has 0 amide bonds. The first-order valence-corrected chi connectivity index (χ1v) is 4.58. The van der Waals surface area contributed by atoms with Gasteiger partial charge in [0.1, 0.15) is 6.10 Å². The molecule has 2 rings (SSSR count). The van der Waals surface area contributed by atoms with Crippen LogP contribution in [0.4, 0.5) is 0 Å². The zero-order valence-electron chi connectivity index (χ0n) is 7.84. The maximum absolute atomic E-state index is 11.2. The van der Waals surface area contributed by atoms with Gasteiger partial charge in [0.2, 0.25) is 0 Å². The predicted molar refractivity (Wildman–Crippen MR) is 47.2 cm³/mol. The van der Waals surface area contributed by atoms with E-state index in [0.717, 1.165) is 26.1 Å². The van der Waals surface area contributed by atoms with Crippen molar-refractivity contribution in [2.24, 2.45) is 5.41 Å². The van der Waals surface area contributed by atoms with Gasteiger partial charge in [-0.2, -0.15) is 0 Å². The molecule has 1 unspecified atom stereocenters. The molecule has 1 saturated heterocycles. The Bertz CT molecular complexity index is 247. The zero-order valence-corrected chi connectivity index (χ0v) is 7.84. The first-order valence-electron chi connectivity index (χ1n) is 4.58. The van der Waals surface area contributed by atoms with E-state index in [1.165, 1.54) is 0 Å². The molecule has 0 aromatic carbocycles. The molecule has 13 heavy (non-hydrogen) atoms. The lowest BCUT2D eigenvalue weighted by atomic mass is 9.64. The van der Waals surface area contributed by atoms with Gasteiger partial charge in [-0.1, -0.05) is 6.58 Å². The fraction of sp³-hybridized carbons (Fsp3) is 0.700. The lowest BCUT2D eigenvalue weighted by Gasteiger charge is -2.53. The van der Waals surface area contributed by atoms with Crippen molar-refractivity contribution in [1.82, 2.24) is 0 Å². The van der Waals surface area contributed by atoms with Crippen LogP contribution < -0.4 is 0 Å². The van der Waals surface area contributed by atoms with Gasteiger partial charge in [0.25, 0.3) is 0 Å². The highest BCUT2D eigenvalue weighted by Gasteiger charge is 2.54. The van der Waals surface area contributed by atoms with Crippen molar-refractivity contribution in [1.29, 1.82) is 0 Å². The van der Waals surface area contributed by atoms with Crippen molar-refractivity contribution in [3.8, 4) is 0 Å². The topological polar surface area (TPSA) is 35.5 Å². The van der Waals surface area contributed by atoms with Crippen LogP contribution in [-0.4, -0.2) is 25.3 Å². The van der Waals surface area contributed by atoms with Crippen LogP contribution >= 0.6 is 0 Å². The summed E-state index contributed by atoms with van der Waals surface area (Å²) < 4.78 is 10.4. The smallest absolute Gasteiger partial charge is 0.333 e. The van der Waals surface area contributed by atoms with Gasteiger partial charge >= 0.3 is 5.97 Å². The lowest BCUT2D eigenvalue weighted by Crippen LogP contribution is -2.59. The third kappa shape index (κ3) is 1.27. The second kappa shape index (κ2) is 2.84. The molecule has 0 radical (unpaired) electrons. The van der Waals surface area contributed by atoms with E-state index in [1.54, 1.807) is 6.92 Å². The third-order valence-corrected chi connectivity index (χ3v) is 2.96. The number of rotatable bonds is 2. The van der Waals surface area contributed by atoms with E-state index in [-0.39, 0.29) is 17.5 Å². The van der Waals surface area contributed by atoms with Gasteiger partial charge in [0, 0.05) is 5.57 Å². The molecule has 1 aliphatic heterocycles. The van der Waals surface area contributed by atoms with Crippen molar-refractivity contribution >= 4 is 5.97 Å². The summed E-state index contributed by atoms with van der Waals surface area (Å²) in [5.74, 6) is -0.268. The second-order valence-electron chi connectivity index (χ2n) is 4.07. The Morgan fingerprint density at radius 3 is 2.62 bits per heavy atom. The maximum atomic E-state index is 11.2. The van der Waals surface area contributed by atoms with Gasteiger partial charge in [-0.15, -0.1) is 0 Å². The van der Waals surface area contributed by atoms with Gasteiger partial charge < -0.3 is 9.47 Å². The highest BCUT2D eigenvalue weighted by molar-refractivity contribution is 5.87. The lowest BCUT2D eigenvalue weighted by molar-refractivity contribution is -0.233. The molecule has 1 heterocycles. The molecule has 3 heteroatoms. The van der Waals surface area contributed by atoms with Crippen molar-refractivity contribution in [3.63, 3.8) is 0 Å². The number of hydrogen-bond donors (Lipinski definition) is 0. The second-order valence-corrected chi connectivity index (χ2v) is 4.07. The number of ether oxygens (including phenoxy) is 2. The summed E-state index contributed by atoms with van der Waals surface area (Å²) >= 11 is 0. The molecule has 1 saturated carbocycles. The fourth-order valence-corrected chi connectivity index (χ4v) is 1.78. The Morgan fingerprint density at radius 2 is 2.31 bits per heavy atom. The van der Waals surface area contributed by atoms with Gasteiger partial charge in [0.15, 0.2) is 0 Å². The van der Waals surface area contributed by atoms with Crippen LogP contribution in [0.2, 0.25) is 0 Å². The van der Waals surface area contributed by atoms with Crippen LogP contribution in [0, 0.1) is 5.41 Å². The fourth-order valence-electron chi connectivity index (χ4n) is 1.78. The minimum atomic E-state index is -0.268. The molecule has 2 fully saturated rings. The summed E-state index contributed by atoms with van der Waals surface area (Å²) in [4.78, 5) is 11.2. The Kier molecular flexibility index (Phi) is 1.91. The molecule has 72 valence electrons. The van der Waals surface area contributed by atoms with Crippen LogP contribution in [-0.2, 0) is 14.3 Å². The largest absolute Gasteiger partial charge is 0.458 e. The Hall–Kier alpha value is -0.830. The molecular formula is C10H14O3. The van der Waals surface area contributed by atoms with E-state index in [4.69, 9.17) is 9.47 Å². The first kappa shape index (κ1) is 8.75. The van der Waals surface area contributed by atoms with Crippen LogP contribution in [0.5, 0.6) is 0 Å². The number of hydrogen-bond acceptors (Lipinski definition) is 3. The number of carbonyl (C=O) groups is 1. The summed E-state index contributed by atoms with van der Waals surface area (Å²) in [6.07, 6.45) is 2.18. The predicted octanol–water partition coefficient (Wildman–Crippen LogP) is 1.28. The van der Waals surface area contributed by atoms with Crippen molar-refractivity contribution in [2.45, 2.75) is 25.9 Å². The summed E-state index contributed by atoms with van der Waals surface area (Å²) in [6, 6.07) is 0. The standard InChI is InChI=1S/C10H14O3/c1-7(2)9(11)13-8-3-4-10(8)5-12-6-10/h8H,1,3-6H2,2H3. The van der Waals surface area contributed by atoms with Crippen molar-refractivity contribution < 1.29 is 14.3 Å². The van der Waals surface area contributed by atoms with Gasteiger partial charge in [-0.3, -0.25) is 0 Å². The molecular weight excluding hydrogens is 168 g/mol. The molecule has 2 aliphatic rings. The van der Waals surface area contributed by atoms with Crippen LogP contribution in [0.3, 0.4) is 0 Å². The molecule has 1 aliphatic carbocycles. The highest BCUT2D eigenvalue weighted by Crippen LogP contribution is 2.48. The minimum Gasteiger partial charge on any atom is -0.458 e. The van der Waals surface area contributed by atoms with Gasteiger partial charge in [0.05, 0.1) is 18.6 Å². The average molecular weight is 182 g/mol. The molecule has 0 aromatic rings. The Balaban J connectivity index is 1.89. The summed E-state index contributed by atoms with van der Waals surface area (Å²) in [6.45, 7) is 6.73. The molecule has 3 nitrogen and oxygen atoms in total. The van der Waals surface area contributed by atoms with E-state index in [1.807, 2.05) is 0 Å². The monoisotopic (exact) mass is 182 g/mol. The normalized spacial score (nSPS) is 28.8. The average Bonchev–Trinajstić information content (AvgIpc) is 1.94. The first-order chi connectivity index (χ1) is 6.14. The van der Waals surface area contributed by atoms with E-state index < -0.39 is 0 Å². The highest BCUT2D eigenvalue weighted by atomic mass is 16.6. The molecule has 1 spiro atoms. The van der Waals surface area contributed by atoms with Gasteiger partial charge in [-0.05, 0) is 19.8 Å². The summed E-state index contributed by atoms with van der Waals surface area (Å²) in [5, 5.41) is 0.